The number of carboxylic acid groups (broad SMARTS) is 1. The Morgan fingerprint density at radius 1 is 1.26 bits per heavy atom. The number of aliphatic carboxylic acids is 1. The van der Waals surface area contributed by atoms with Gasteiger partial charge in [-0.15, -0.1) is 0 Å². The molecule has 0 aromatic rings. The Labute approximate surface area is 113 Å². The van der Waals surface area contributed by atoms with E-state index in [0.29, 0.717) is 13.1 Å². The highest BCUT2D eigenvalue weighted by Crippen LogP contribution is 2.39. The predicted molar refractivity (Wildman–Crippen MR) is 68.9 cm³/mol. The van der Waals surface area contributed by atoms with E-state index in [1.807, 2.05) is 25.7 Å². The standard InChI is InChI=1S/C13H22N2O4/c1-12(2,3)19-11(18)15-8-13(9-15)4-5-14(7-13)6-10(16)17/h4-9H2,1-3H3,(H,16,17). The van der Waals surface area contributed by atoms with Crippen LogP contribution in [0.4, 0.5) is 4.79 Å². The molecule has 0 saturated carbocycles. The van der Waals surface area contributed by atoms with Crippen LogP contribution < -0.4 is 0 Å². The van der Waals surface area contributed by atoms with Crippen molar-refractivity contribution in [3.8, 4) is 0 Å². The molecule has 0 atom stereocenters. The van der Waals surface area contributed by atoms with Gasteiger partial charge in [0.15, 0.2) is 0 Å². The number of carbonyl (C=O) groups is 2. The number of rotatable bonds is 2. The van der Waals surface area contributed by atoms with E-state index in [0.717, 1.165) is 19.5 Å². The second kappa shape index (κ2) is 4.67. The summed E-state index contributed by atoms with van der Waals surface area (Å²) in [6.07, 6.45) is 0.689. The van der Waals surface area contributed by atoms with Gasteiger partial charge in [0.25, 0.3) is 0 Å². The summed E-state index contributed by atoms with van der Waals surface area (Å²) in [5.41, 5.74) is -0.378. The molecule has 108 valence electrons. The average molecular weight is 270 g/mol. The number of hydrogen-bond donors (Lipinski definition) is 1. The Morgan fingerprint density at radius 3 is 2.42 bits per heavy atom. The molecule has 1 amide bonds. The van der Waals surface area contributed by atoms with Crippen molar-refractivity contribution in [3.05, 3.63) is 0 Å². The van der Waals surface area contributed by atoms with Crippen LogP contribution in [0.2, 0.25) is 0 Å². The molecule has 19 heavy (non-hydrogen) atoms. The summed E-state index contributed by atoms with van der Waals surface area (Å²) >= 11 is 0. The highest BCUT2D eigenvalue weighted by atomic mass is 16.6. The van der Waals surface area contributed by atoms with Crippen molar-refractivity contribution in [2.45, 2.75) is 32.8 Å². The first kappa shape index (κ1) is 14.1. The number of carboxylic acids is 1. The maximum Gasteiger partial charge on any atom is 0.410 e. The zero-order chi connectivity index (χ0) is 14.3. The molecule has 1 N–H and O–H groups in total. The van der Waals surface area contributed by atoms with Crippen LogP contribution in [0.25, 0.3) is 0 Å². The Kier molecular flexibility index (Phi) is 3.47. The van der Waals surface area contributed by atoms with Crippen LogP contribution in [0.15, 0.2) is 0 Å². The lowest BCUT2D eigenvalue weighted by Crippen LogP contribution is -2.60. The summed E-state index contributed by atoms with van der Waals surface area (Å²) in [4.78, 5) is 26.2. The molecule has 2 rings (SSSR count). The topological polar surface area (TPSA) is 70.1 Å². The number of hydrogen-bond acceptors (Lipinski definition) is 4. The summed E-state index contributed by atoms with van der Waals surface area (Å²) in [5, 5.41) is 8.78. The predicted octanol–water partition coefficient (Wildman–Crippen LogP) is 1.01. The minimum atomic E-state index is -0.791. The van der Waals surface area contributed by atoms with Crippen LogP contribution in [0.3, 0.4) is 0 Å². The smallest absolute Gasteiger partial charge is 0.410 e. The van der Waals surface area contributed by atoms with Crippen LogP contribution >= 0.6 is 0 Å². The molecule has 0 unspecified atom stereocenters. The third kappa shape index (κ3) is 3.37. The molecule has 2 saturated heterocycles. The lowest BCUT2D eigenvalue weighted by atomic mass is 9.79. The van der Waals surface area contributed by atoms with E-state index in [2.05, 4.69) is 0 Å². The second-order valence-electron chi connectivity index (χ2n) is 6.69. The van der Waals surface area contributed by atoms with Gasteiger partial charge in [0.05, 0.1) is 6.54 Å². The van der Waals surface area contributed by atoms with Crippen LogP contribution in [-0.2, 0) is 9.53 Å². The van der Waals surface area contributed by atoms with Crippen molar-refractivity contribution in [1.82, 2.24) is 9.80 Å². The molecular formula is C13H22N2O4. The zero-order valence-electron chi connectivity index (χ0n) is 11.8. The molecule has 0 aliphatic carbocycles. The third-order valence-electron chi connectivity index (χ3n) is 3.58. The zero-order valence-corrected chi connectivity index (χ0v) is 11.8. The van der Waals surface area contributed by atoms with Gasteiger partial charge in [-0.1, -0.05) is 0 Å². The molecule has 0 aromatic heterocycles. The maximum absolute atomic E-state index is 11.8. The fourth-order valence-electron chi connectivity index (χ4n) is 2.83. The van der Waals surface area contributed by atoms with Crippen molar-refractivity contribution >= 4 is 12.1 Å². The molecule has 2 fully saturated rings. The van der Waals surface area contributed by atoms with Gasteiger partial charge in [-0.2, -0.15) is 0 Å². The highest BCUT2D eigenvalue weighted by Gasteiger charge is 2.50. The third-order valence-corrected chi connectivity index (χ3v) is 3.58. The van der Waals surface area contributed by atoms with Crippen molar-refractivity contribution < 1.29 is 19.4 Å². The Hall–Kier alpha value is -1.30. The molecule has 0 aromatic carbocycles. The normalized spacial score (nSPS) is 22.4. The molecule has 6 nitrogen and oxygen atoms in total. The number of ether oxygens (including phenoxy) is 1. The van der Waals surface area contributed by atoms with E-state index in [4.69, 9.17) is 9.84 Å². The number of amides is 1. The lowest BCUT2D eigenvalue weighted by Gasteiger charge is -2.47. The van der Waals surface area contributed by atoms with Gasteiger partial charge in [0.1, 0.15) is 5.60 Å². The molecule has 2 heterocycles. The Balaban J connectivity index is 1.80. The van der Waals surface area contributed by atoms with E-state index in [-0.39, 0.29) is 18.1 Å². The van der Waals surface area contributed by atoms with Crippen molar-refractivity contribution in [2.24, 2.45) is 5.41 Å². The summed E-state index contributed by atoms with van der Waals surface area (Å²) in [6.45, 7) is 8.57. The van der Waals surface area contributed by atoms with Gasteiger partial charge in [-0.05, 0) is 33.7 Å². The van der Waals surface area contributed by atoms with Gasteiger partial charge in [0.2, 0.25) is 0 Å². The Bertz CT molecular complexity index is 383. The number of carbonyl (C=O) groups excluding carboxylic acids is 1. The molecule has 2 aliphatic rings. The fourth-order valence-corrected chi connectivity index (χ4v) is 2.83. The van der Waals surface area contributed by atoms with E-state index in [9.17, 15) is 9.59 Å². The summed E-state index contributed by atoms with van der Waals surface area (Å²) < 4.78 is 5.32. The Morgan fingerprint density at radius 2 is 1.89 bits per heavy atom. The van der Waals surface area contributed by atoms with Crippen molar-refractivity contribution in [3.63, 3.8) is 0 Å². The summed E-state index contributed by atoms with van der Waals surface area (Å²) in [5.74, 6) is -0.791. The molecule has 1 spiro atoms. The van der Waals surface area contributed by atoms with E-state index in [1.54, 1.807) is 4.90 Å². The maximum atomic E-state index is 11.8. The monoisotopic (exact) mass is 270 g/mol. The van der Waals surface area contributed by atoms with E-state index < -0.39 is 11.6 Å². The van der Waals surface area contributed by atoms with Gasteiger partial charge in [0, 0.05) is 25.0 Å². The van der Waals surface area contributed by atoms with Gasteiger partial charge in [-0.3, -0.25) is 9.69 Å². The first-order valence-corrected chi connectivity index (χ1v) is 6.61. The minimum absolute atomic E-state index is 0.0896. The lowest BCUT2D eigenvalue weighted by molar-refractivity contribution is -0.138. The van der Waals surface area contributed by atoms with E-state index in [1.165, 1.54) is 0 Å². The van der Waals surface area contributed by atoms with Crippen LogP contribution in [-0.4, -0.2) is 65.3 Å². The van der Waals surface area contributed by atoms with Gasteiger partial charge < -0.3 is 14.7 Å². The van der Waals surface area contributed by atoms with Gasteiger partial charge in [-0.25, -0.2) is 4.79 Å². The van der Waals surface area contributed by atoms with Crippen LogP contribution in [0.1, 0.15) is 27.2 Å². The molecule has 2 aliphatic heterocycles. The first-order chi connectivity index (χ1) is 8.69. The number of nitrogens with zero attached hydrogens (tertiary/aromatic N) is 2. The summed E-state index contributed by atoms with van der Waals surface area (Å²) in [6, 6.07) is 0. The highest BCUT2D eigenvalue weighted by molar-refractivity contribution is 5.70. The molecule has 6 heteroatoms. The first-order valence-electron chi connectivity index (χ1n) is 6.61. The van der Waals surface area contributed by atoms with E-state index >= 15 is 0 Å². The molecule has 0 bridgehead atoms. The average Bonchev–Trinajstić information content (AvgIpc) is 2.55. The quantitative estimate of drug-likeness (QED) is 0.811. The summed E-state index contributed by atoms with van der Waals surface area (Å²) in [7, 11) is 0. The van der Waals surface area contributed by atoms with Gasteiger partial charge >= 0.3 is 12.1 Å². The number of likely N-dealkylation sites (tertiary alicyclic amines) is 2. The largest absolute Gasteiger partial charge is 0.480 e. The van der Waals surface area contributed by atoms with Crippen molar-refractivity contribution in [2.75, 3.05) is 32.7 Å². The molecule has 0 radical (unpaired) electrons. The van der Waals surface area contributed by atoms with Crippen molar-refractivity contribution in [1.29, 1.82) is 0 Å². The second-order valence-corrected chi connectivity index (χ2v) is 6.69. The SMILES string of the molecule is CC(C)(C)OC(=O)N1CC2(CCN(CC(=O)O)C2)C1. The minimum Gasteiger partial charge on any atom is -0.480 e. The molecular weight excluding hydrogens is 248 g/mol. The van der Waals surface area contributed by atoms with Crippen LogP contribution in [0, 0.1) is 5.41 Å². The van der Waals surface area contributed by atoms with Crippen LogP contribution in [0.5, 0.6) is 0 Å². The fraction of sp³-hybridized carbons (Fsp3) is 0.846.